The molecule has 132 valence electrons. The number of amides is 1. The normalized spacial score (nSPS) is 12.3. The maximum absolute atomic E-state index is 11.9. The van der Waals surface area contributed by atoms with E-state index in [2.05, 4.69) is 5.32 Å². The van der Waals surface area contributed by atoms with Crippen molar-refractivity contribution in [2.45, 2.75) is 59.4 Å². The zero-order chi connectivity index (χ0) is 18.7. The van der Waals surface area contributed by atoms with Gasteiger partial charge in [0.05, 0.1) is 0 Å². The van der Waals surface area contributed by atoms with Crippen LogP contribution in [0.3, 0.4) is 0 Å². The topological polar surface area (TPSA) is 75.6 Å². The van der Waals surface area contributed by atoms with E-state index in [-0.39, 0.29) is 22.6 Å². The van der Waals surface area contributed by atoms with Gasteiger partial charge in [0, 0.05) is 29.7 Å². The molecule has 1 aromatic carbocycles. The Morgan fingerprint density at radius 2 is 1.71 bits per heavy atom. The molecule has 0 spiro atoms. The third-order valence-electron chi connectivity index (χ3n) is 3.10. The first-order chi connectivity index (χ1) is 10.8. The van der Waals surface area contributed by atoms with Crippen LogP contribution in [-0.2, 0) is 15.0 Å². The van der Waals surface area contributed by atoms with Crippen molar-refractivity contribution in [3.63, 3.8) is 0 Å². The van der Waals surface area contributed by atoms with Gasteiger partial charge in [-0.15, -0.1) is 0 Å². The van der Waals surface area contributed by atoms with Gasteiger partial charge < -0.3 is 15.2 Å². The molecule has 0 aliphatic heterocycles. The molecule has 1 aromatic rings. The van der Waals surface area contributed by atoms with Crippen LogP contribution in [0.2, 0.25) is 0 Å². The van der Waals surface area contributed by atoms with Crippen molar-refractivity contribution < 1.29 is 19.4 Å². The van der Waals surface area contributed by atoms with Crippen LogP contribution in [-0.4, -0.2) is 22.5 Å². The number of rotatable bonds is 3. The lowest BCUT2D eigenvalue weighted by Crippen LogP contribution is -2.39. The number of esters is 1. The number of phenolic OH excluding ortho intramolecular Hbond substituents is 1. The zero-order valence-corrected chi connectivity index (χ0v) is 15.5. The lowest BCUT2D eigenvalue weighted by atomic mass is 9.85. The molecule has 0 aliphatic carbocycles. The fraction of sp³-hybridized carbons (Fsp3) is 0.474. The number of ether oxygens (including phenoxy) is 1. The Balaban J connectivity index is 3.21. The van der Waals surface area contributed by atoms with E-state index in [9.17, 15) is 14.7 Å². The molecule has 1 rings (SSSR count). The van der Waals surface area contributed by atoms with Crippen molar-refractivity contribution in [1.82, 2.24) is 5.32 Å². The van der Waals surface area contributed by atoms with Crippen molar-refractivity contribution in [2.75, 3.05) is 0 Å². The summed E-state index contributed by atoms with van der Waals surface area (Å²) in [4.78, 5) is 23.2. The van der Waals surface area contributed by atoms with E-state index in [1.165, 1.54) is 19.1 Å². The van der Waals surface area contributed by atoms with Crippen LogP contribution in [0.4, 0.5) is 0 Å². The predicted molar refractivity (Wildman–Crippen MR) is 95.0 cm³/mol. The summed E-state index contributed by atoms with van der Waals surface area (Å²) in [5.74, 6) is -0.304. The van der Waals surface area contributed by atoms with Crippen LogP contribution in [0.25, 0.3) is 6.08 Å². The first kappa shape index (κ1) is 19.7. The van der Waals surface area contributed by atoms with Gasteiger partial charge in [-0.05, 0) is 44.4 Å². The number of carbonyl (C=O) groups excluding carboxylic acids is 2. The highest BCUT2D eigenvalue weighted by molar-refractivity contribution is 5.92. The first-order valence-corrected chi connectivity index (χ1v) is 7.86. The number of carbonyl (C=O) groups is 2. The summed E-state index contributed by atoms with van der Waals surface area (Å²) in [7, 11) is 0. The number of hydrogen-bond acceptors (Lipinski definition) is 4. The molecule has 0 radical (unpaired) electrons. The Morgan fingerprint density at radius 3 is 2.17 bits per heavy atom. The minimum atomic E-state index is -0.438. The summed E-state index contributed by atoms with van der Waals surface area (Å²) >= 11 is 0. The fourth-order valence-electron chi connectivity index (χ4n) is 2.12. The van der Waals surface area contributed by atoms with Gasteiger partial charge in [-0.2, -0.15) is 0 Å². The van der Waals surface area contributed by atoms with Crippen molar-refractivity contribution in [1.29, 1.82) is 0 Å². The van der Waals surface area contributed by atoms with Crippen molar-refractivity contribution in [3.8, 4) is 11.5 Å². The van der Waals surface area contributed by atoms with Gasteiger partial charge in [-0.25, -0.2) is 0 Å². The van der Waals surface area contributed by atoms with E-state index in [0.717, 1.165) is 0 Å². The molecule has 0 aromatic heterocycles. The molecule has 0 heterocycles. The summed E-state index contributed by atoms with van der Waals surface area (Å²) in [5.41, 5.74) is 0.464. The fourth-order valence-corrected chi connectivity index (χ4v) is 2.12. The van der Waals surface area contributed by atoms with Crippen molar-refractivity contribution in [3.05, 3.63) is 29.3 Å². The average Bonchev–Trinajstić information content (AvgIpc) is 2.34. The zero-order valence-electron chi connectivity index (χ0n) is 15.5. The third-order valence-corrected chi connectivity index (χ3v) is 3.10. The van der Waals surface area contributed by atoms with Crippen LogP contribution >= 0.6 is 0 Å². The lowest BCUT2D eigenvalue weighted by Gasteiger charge is -2.23. The third kappa shape index (κ3) is 6.07. The summed E-state index contributed by atoms with van der Waals surface area (Å²) in [6.45, 7) is 12.8. The lowest BCUT2D eigenvalue weighted by molar-refractivity contribution is -0.132. The molecular formula is C19H27NO4. The monoisotopic (exact) mass is 333 g/mol. The Kier molecular flexibility index (Phi) is 5.82. The molecule has 0 atom stereocenters. The average molecular weight is 333 g/mol. The Labute approximate surface area is 143 Å². The van der Waals surface area contributed by atoms with E-state index in [4.69, 9.17) is 4.74 Å². The predicted octanol–water partition coefficient (Wildman–Crippen LogP) is 3.54. The second-order valence-electron chi connectivity index (χ2n) is 7.82. The molecule has 5 heteroatoms. The largest absolute Gasteiger partial charge is 0.507 e. The van der Waals surface area contributed by atoms with Gasteiger partial charge in [-0.3, -0.25) is 9.59 Å². The van der Waals surface area contributed by atoms with E-state index in [1.807, 2.05) is 41.5 Å². The number of benzene rings is 1. The van der Waals surface area contributed by atoms with E-state index >= 15 is 0 Å². The Morgan fingerprint density at radius 1 is 1.12 bits per heavy atom. The van der Waals surface area contributed by atoms with Crippen molar-refractivity contribution in [2.24, 2.45) is 0 Å². The summed E-state index contributed by atoms with van der Waals surface area (Å²) in [6.07, 6.45) is 2.84. The standard InChI is InChI=1S/C19H27NO4/c1-12(21)24-16-10-13(8-9-17(23)20-19(5,6)7)15(22)11-14(16)18(2,3)4/h8-11,22H,1-7H3,(H,20,23)/b9-8+. The number of nitrogens with one attached hydrogen (secondary N) is 1. The van der Waals surface area contributed by atoms with Crippen LogP contribution < -0.4 is 10.1 Å². The van der Waals surface area contributed by atoms with Crippen LogP contribution in [0.15, 0.2) is 18.2 Å². The molecule has 0 unspecified atom stereocenters. The molecule has 0 aliphatic rings. The molecule has 0 bridgehead atoms. The minimum absolute atomic E-state index is 0.0237. The highest BCUT2D eigenvalue weighted by Crippen LogP contribution is 2.37. The number of hydrogen-bond donors (Lipinski definition) is 2. The van der Waals surface area contributed by atoms with Gasteiger partial charge in [0.15, 0.2) is 0 Å². The van der Waals surface area contributed by atoms with Gasteiger partial charge in [-0.1, -0.05) is 20.8 Å². The molecule has 0 fully saturated rings. The van der Waals surface area contributed by atoms with Gasteiger partial charge >= 0.3 is 5.97 Å². The maximum Gasteiger partial charge on any atom is 0.308 e. The molecule has 5 nitrogen and oxygen atoms in total. The molecule has 0 saturated carbocycles. The Bertz CT molecular complexity index is 661. The van der Waals surface area contributed by atoms with Crippen LogP contribution in [0.1, 0.15) is 59.6 Å². The number of aromatic hydroxyl groups is 1. The van der Waals surface area contributed by atoms with E-state index in [1.54, 1.807) is 12.1 Å². The second kappa shape index (κ2) is 7.07. The van der Waals surface area contributed by atoms with Crippen LogP contribution in [0.5, 0.6) is 11.5 Å². The van der Waals surface area contributed by atoms with Gasteiger partial charge in [0.1, 0.15) is 11.5 Å². The van der Waals surface area contributed by atoms with E-state index < -0.39 is 5.97 Å². The Hall–Kier alpha value is -2.30. The van der Waals surface area contributed by atoms with E-state index in [0.29, 0.717) is 16.9 Å². The highest BCUT2D eigenvalue weighted by Gasteiger charge is 2.22. The summed E-state index contributed by atoms with van der Waals surface area (Å²) < 4.78 is 5.27. The van der Waals surface area contributed by atoms with Crippen molar-refractivity contribution >= 4 is 18.0 Å². The molecule has 0 saturated heterocycles. The maximum atomic E-state index is 11.9. The SMILES string of the molecule is CC(=O)Oc1cc(/C=C/C(=O)NC(C)(C)C)c(O)cc1C(C)(C)C. The molecule has 2 N–H and O–H groups in total. The van der Waals surface area contributed by atoms with Gasteiger partial charge in [0.25, 0.3) is 0 Å². The smallest absolute Gasteiger partial charge is 0.308 e. The quantitative estimate of drug-likeness (QED) is 0.504. The first-order valence-electron chi connectivity index (χ1n) is 7.86. The second-order valence-corrected chi connectivity index (χ2v) is 7.82. The summed E-state index contributed by atoms with van der Waals surface area (Å²) in [6, 6.07) is 3.14. The summed E-state index contributed by atoms with van der Waals surface area (Å²) in [5, 5.41) is 13.0. The molecule has 1 amide bonds. The number of phenols is 1. The molecular weight excluding hydrogens is 306 g/mol. The minimum Gasteiger partial charge on any atom is -0.507 e. The van der Waals surface area contributed by atoms with Gasteiger partial charge in [0.2, 0.25) is 5.91 Å². The highest BCUT2D eigenvalue weighted by atomic mass is 16.5. The molecule has 24 heavy (non-hydrogen) atoms. The van der Waals surface area contributed by atoms with Crippen LogP contribution in [0, 0.1) is 0 Å².